The molecule has 0 bridgehead atoms. The minimum Gasteiger partial charge on any atom is -0.495 e. The highest BCUT2D eigenvalue weighted by Crippen LogP contribution is 2.33. The molecule has 1 aromatic carbocycles. The van der Waals surface area contributed by atoms with E-state index in [1.54, 1.807) is 7.05 Å². The Bertz CT molecular complexity index is 365. The summed E-state index contributed by atoms with van der Waals surface area (Å²) in [6.45, 7) is 0. The Morgan fingerprint density at radius 1 is 1.57 bits per heavy atom. The van der Waals surface area contributed by atoms with Gasteiger partial charge in [0.25, 0.3) is 5.69 Å². The van der Waals surface area contributed by atoms with Crippen molar-refractivity contribution in [3.8, 4) is 5.75 Å². The topological polar surface area (TPSA) is 90.4 Å². The van der Waals surface area contributed by atoms with Gasteiger partial charge in [-0.05, 0) is 0 Å². The molecular weight excluding hydrogens is 186 g/mol. The molecule has 1 rings (SSSR count). The van der Waals surface area contributed by atoms with Gasteiger partial charge in [0.05, 0.1) is 17.7 Å². The van der Waals surface area contributed by atoms with Crippen molar-refractivity contribution < 1.29 is 9.66 Å². The Morgan fingerprint density at radius 2 is 2.21 bits per heavy atom. The van der Waals surface area contributed by atoms with Crippen LogP contribution in [0.25, 0.3) is 0 Å². The van der Waals surface area contributed by atoms with Gasteiger partial charge in [-0.15, -0.1) is 0 Å². The monoisotopic (exact) mass is 197 g/mol. The number of hydrogen-bond donors (Lipinski definition) is 2. The van der Waals surface area contributed by atoms with E-state index in [9.17, 15) is 10.1 Å². The Labute approximate surface area is 80.8 Å². The number of rotatable bonds is 3. The first-order valence-electron chi connectivity index (χ1n) is 3.89. The van der Waals surface area contributed by atoms with Crippen molar-refractivity contribution in [2.45, 2.75) is 0 Å². The smallest absolute Gasteiger partial charge is 0.294 e. The molecule has 1 aromatic rings. The highest BCUT2D eigenvalue weighted by molar-refractivity contribution is 5.72. The van der Waals surface area contributed by atoms with Crippen molar-refractivity contribution >= 4 is 17.1 Å². The molecule has 0 aliphatic rings. The molecule has 0 spiro atoms. The lowest BCUT2D eigenvalue weighted by Crippen LogP contribution is -2.00. The second kappa shape index (κ2) is 3.82. The lowest BCUT2D eigenvalue weighted by atomic mass is 10.2. The van der Waals surface area contributed by atoms with Gasteiger partial charge in [0.2, 0.25) is 0 Å². The number of methoxy groups -OCH3 is 1. The van der Waals surface area contributed by atoms with E-state index >= 15 is 0 Å². The first-order chi connectivity index (χ1) is 6.60. The van der Waals surface area contributed by atoms with Crippen molar-refractivity contribution in [2.75, 3.05) is 25.2 Å². The molecule has 0 aromatic heterocycles. The Morgan fingerprint density at radius 3 is 2.64 bits per heavy atom. The van der Waals surface area contributed by atoms with E-state index < -0.39 is 4.92 Å². The van der Waals surface area contributed by atoms with Crippen molar-refractivity contribution in [1.29, 1.82) is 0 Å². The summed E-state index contributed by atoms with van der Waals surface area (Å²) in [7, 11) is 3.12. The third-order valence-corrected chi connectivity index (χ3v) is 1.81. The summed E-state index contributed by atoms with van der Waals surface area (Å²) in [4.78, 5) is 10.0. The standard InChI is InChI=1S/C8H11N3O3/c1-10-6-4-7(11(12)13)5(9)3-8(6)14-2/h3-4,10H,9H2,1-2H3. The number of nitrogens with zero attached hydrogens (tertiary/aromatic N) is 1. The van der Waals surface area contributed by atoms with Crippen LogP contribution in [0.1, 0.15) is 0 Å². The molecule has 0 saturated carbocycles. The van der Waals surface area contributed by atoms with Crippen molar-refractivity contribution in [3.63, 3.8) is 0 Å². The maximum Gasteiger partial charge on any atom is 0.294 e. The second-order valence-electron chi connectivity index (χ2n) is 2.62. The van der Waals surface area contributed by atoms with Crippen LogP contribution < -0.4 is 15.8 Å². The van der Waals surface area contributed by atoms with Crippen LogP contribution in [0.3, 0.4) is 0 Å². The van der Waals surface area contributed by atoms with Gasteiger partial charge in [-0.1, -0.05) is 0 Å². The lowest BCUT2D eigenvalue weighted by molar-refractivity contribution is -0.383. The summed E-state index contributed by atoms with van der Waals surface area (Å²) in [5.74, 6) is 0.482. The van der Waals surface area contributed by atoms with Gasteiger partial charge in [0.1, 0.15) is 11.4 Å². The van der Waals surface area contributed by atoms with Crippen LogP contribution in [-0.2, 0) is 0 Å². The summed E-state index contributed by atoms with van der Waals surface area (Å²) in [5.41, 5.74) is 5.97. The molecule has 0 amide bonds. The van der Waals surface area contributed by atoms with Crippen LogP contribution in [0, 0.1) is 10.1 Å². The van der Waals surface area contributed by atoms with Crippen LogP contribution in [0.4, 0.5) is 17.1 Å². The normalized spacial score (nSPS) is 9.57. The zero-order valence-corrected chi connectivity index (χ0v) is 7.90. The fourth-order valence-corrected chi connectivity index (χ4v) is 1.11. The molecule has 0 unspecified atom stereocenters. The number of nitrogen functional groups attached to an aromatic ring is 1. The SMILES string of the molecule is CNc1cc([N+](=O)[O-])c(N)cc1OC. The van der Waals surface area contributed by atoms with Gasteiger partial charge in [-0.3, -0.25) is 10.1 Å². The lowest BCUT2D eigenvalue weighted by Gasteiger charge is -2.08. The summed E-state index contributed by atoms with van der Waals surface area (Å²) in [5, 5.41) is 13.3. The predicted octanol–water partition coefficient (Wildman–Crippen LogP) is 1.23. The molecule has 0 atom stereocenters. The Kier molecular flexibility index (Phi) is 2.76. The molecule has 0 radical (unpaired) electrons. The number of hydrogen-bond acceptors (Lipinski definition) is 5. The molecule has 3 N–H and O–H groups in total. The number of nitro groups is 1. The van der Waals surface area contributed by atoms with Crippen molar-refractivity contribution in [2.24, 2.45) is 0 Å². The van der Waals surface area contributed by atoms with E-state index in [4.69, 9.17) is 10.5 Å². The number of ether oxygens (including phenoxy) is 1. The van der Waals surface area contributed by atoms with E-state index in [-0.39, 0.29) is 11.4 Å². The molecule has 6 nitrogen and oxygen atoms in total. The van der Waals surface area contributed by atoms with Crippen LogP contribution in [0.5, 0.6) is 5.75 Å². The molecule has 0 saturated heterocycles. The van der Waals surface area contributed by atoms with Gasteiger partial charge < -0.3 is 15.8 Å². The number of benzene rings is 1. The first kappa shape index (κ1) is 10.1. The maximum absolute atomic E-state index is 10.5. The van der Waals surface area contributed by atoms with E-state index in [2.05, 4.69) is 5.32 Å². The minimum absolute atomic E-state index is 0.0888. The van der Waals surface area contributed by atoms with E-state index in [1.807, 2.05) is 0 Å². The molecule has 0 heterocycles. The summed E-state index contributed by atoms with van der Waals surface area (Å²) in [6, 6.07) is 2.76. The largest absolute Gasteiger partial charge is 0.495 e. The van der Waals surface area contributed by atoms with Gasteiger partial charge in [0.15, 0.2) is 0 Å². The number of nitrogens with one attached hydrogen (secondary N) is 1. The van der Waals surface area contributed by atoms with Crippen LogP contribution in [0.2, 0.25) is 0 Å². The van der Waals surface area contributed by atoms with Crippen molar-refractivity contribution in [3.05, 3.63) is 22.2 Å². The zero-order chi connectivity index (χ0) is 10.7. The maximum atomic E-state index is 10.5. The average molecular weight is 197 g/mol. The van der Waals surface area contributed by atoms with Gasteiger partial charge in [-0.2, -0.15) is 0 Å². The van der Waals surface area contributed by atoms with Crippen LogP contribution in [-0.4, -0.2) is 19.1 Å². The Balaban J connectivity index is 3.30. The van der Waals surface area contributed by atoms with Gasteiger partial charge in [-0.25, -0.2) is 0 Å². The third kappa shape index (κ3) is 1.68. The molecule has 0 aliphatic heterocycles. The van der Waals surface area contributed by atoms with Crippen molar-refractivity contribution in [1.82, 2.24) is 0 Å². The number of nitrogens with two attached hydrogens (primary N) is 1. The van der Waals surface area contributed by atoms with E-state index in [1.165, 1.54) is 19.2 Å². The quantitative estimate of drug-likeness (QED) is 0.432. The van der Waals surface area contributed by atoms with Gasteiger partial charge >= 0.3 is 0 Å². The Hall–Kier alpha value is -1.98. The summed E-state index contributed by atoms with van der Waals surface area (Å²) < 4.78 is 4.99. The van der Waals surface area contributed by atoms with Crippen LogP contribution in [0.15, 0.2) is 12.1 Å². The molecular formula is C8H11N3O3. The molecule has 14 heavy (non-hydrogen) atoms. The van der Waals surface area contributed by atoms with E-state index in [0.29, 0.717) is 11.4 Å². The minimum atomic E-state index is -0.532. The highest BCUT2D eigenvalue weighted by atomic mass is 16.6. The fourth-order valence-electron chi connectivity index (χ4n) is 1.11. The fraction of sp³-hybridized carbons (Fsp3) is 0.250. The first-order valence-corrected chi connectivity index (χ1v) is 3.89. The molecule has 0 fully saturated rings. The van der Waals surface area contributed by atoms with E-state index in [0.717, 1.165) is 0 Å². The zero-order valence-electron chi connectivity index (χ0n) is 7.90. The second-order valence-corrected chi connectivity index (χ2v) is 2.62. The average Bonchev–Trinajstić information content (AvgIpc) is 2.16. The van der Waals surface area contributed by atoms with Crippen LogP contribution >= 0.6 is 0 Å². The summed E-state index contributed by atoms with van der Waals surface area (Å²) >= 11 is 0. The highest BCUT2D eigenvalue weighted by Gasteiger charge is 2.15. The molecule has 0 aliphatic carbocycles. The van der Waals surface area contributed by atoms with Gasteiger partial charge in [0, 0.05) is 19.2 Å². The number of nitro benzene ring substituents is 1. The predicted molar refractivity (Wildman–Crippen MR) is 53.6 cm³/mol. The molecule has 76 valence electrons. The number of anilines is 2. The summed E-state index contributed by atoms with van der Waals surface area (Å²) in [6.07, 6.45) is 0. The third-order valence-electron chi connectivity index (χ3n) is 1.81. The molecule has 6 heteroatoms.